The van der Waals surface area contributed by atoms with Crippen molar-refractivity contribution in [3.8, 4) is 0 Å². The molecule has 0 saturated carbocycles. The van der Waals surface area contributed by atoms with Crippen molar-refractivity contribution in [1.82, 2.24) is 4.90 Å². The highest BCUT2D eigenvalue weighted by Crippen LogP contribution is 2.32. The molecule has 2 unspecified atom stereocenters. The van der Waals surface area contributed by atoms with Gasteiger partial charge in [0.2, 0.25) is 11.8 Å². The third kappa shape index (κ3) is 4.52. The van der Waals surface area contributed by atoms with Crippen molar-refractivity contribution in [1.29, 1.82) is 0 Å². The van der Waals surface area contributed by atoms with Crippen molar-refractivity contribution in [3.63, 3.8) is 0 Å². The number of nitrogens with one attached hydrogen (secondary N) is 1. The Kier molecular flexibility index (Phi) is 5.99. The topological polar surface area (TPSA) is 61.9 Å². The molecule has 0 bridgehead atoms. The number of halogens is 1. The number of ether oxygens (including phenoxy) is 1. The molecule has 2 aliphatic rings. The van der Waals surface area contributed by atoms with Crippen LogP contribution >= 0.6 is 15.9 Å². The van der Waals surface area contributed by atoms with E-state index in [2.05, 4.69) is 26.1 Å². The molecule has 4 rings (SSSR count). The van der Waals surface area contributed by atoms with Gasteiger partial charge in [0.1, 0.15) is 0 Å². The van der Waals surface area contributed by atoms with E-state index < -0.39 is 0 Å². The molecule has 29 heavy (non-hydrogen) atoms. The molecule has 0 radical (unpaired) electrons. The molecule has 6 nitrogen and oxygen atoms in total. The first kappa shape index (κ1) is 20.1. The summed E-state index contributed by atoms with van der Waals surface area (Å²) in [5, 5.41) is 2.90. The lowest BCUT2D eigenvalue weighted by molar-refractivity contribution is -0.122. The zero-order chi connectivity index (χ0) is 20.4. The predicted molar refractivity (Wildman–Crippen MR) is 116 cm³/mol. The first-order valence-corrected chi connectivity index (χ1v) is 10.6. The lowest BCUT2D eigenvalue weighted by Crippen LogP contribution is -2.48. The smallest absolute Gasteiger partial charge is 0.241 e. The molecule has 1 saturated heterocycles. The molecule has 2 aromatic rings. The summed E-state index contributed by atoms with van der Waals surface area (Å²) in [6.07, 6.45) is 0.229. The van der Waals surface area contributed by atoms with Crippen LogP contribution in [-0.4, -0.2) is 49.0 Å². The highest BCUT2D eigenvalue weighted by molar-refractivity contribution is 9.10. The van der Waals surface area contributed by atoms with Crippen LogP contribution in [0, 0.1) is 0 Å². The first-order valence-electron chi connectivity index (χ1n) is 9.81. The maximum atomic E-state index is 13.3. The van der Waals surface area contributed by atoms with Crippen LogP contribution in [0.5, 0.6) is 0 Å². The predicted octanol–water partition coefficient (Wildman–Crippen LogP) is 3.59. The van der Waals surface area contributed by atoms with Crippen LogP contribution in [-0.2, 0) is 14.3 Å². The minimum Gasteiger partial charge on any atom is -0.371 e. The van der Waals surface area contributed by atoms with E-state index in [1.165, 1.54) is 0 Å². The van der Waals surface area contributed by atoms with Crippen LogP contribution in [0.1, 0.15) is 25.0 Å². The van der Waals surface area contributed by atoms with E-state index in [0.29, 0.717) is 31.9 Å². The average Bonchev–Trinajstić information content (AvgIpc) is 2.82. The number of nitrogens with zero attached hydrogens (tertiary/aromatic N) is 2. The van der Waals surface area contributed by atoms with Crippen molar-refractivity contribution in [2.45, 2.75) is 25.5 Å². The SMILES string of the molecule is CC1CC(=O)Nc2ccccc2N1C(=O)CN1CCOC(c2ccc(Br)cc2)C1. The number of carbonyl (C=O) groups excluding carboxylic acids is 2. The lowest BCUT2D eigenvalue weighted by atomic mass is 10.1. The number of hydrogen-bond acceptors (Lipinski definition) is 4. The monoisotopic (exact) mass is 457 g/mol. The molecular weight excluding hydrogens is 434 g/mol. The standard InChI is InChI=1S/C22H24BrN3O3/c1-15-12-21(27)24-18-4-2-3-5-19(18)26(15)22(28)14-25-10-11-29-20(13-25)16-6-8-17(23)9-7-16/h2-9,15,20H,10-14H2,1H3,(H,24,27). The third-order valence-electron chi connectivity index (χ3n) is 5.38. The third-order valence-corrected chi connectivity index (χ3v) is 5.91. The summed E-state index contributed by atoms with van der Waals surface area (Å²) in [6, 6.07) is 15.4. The van der Waals surface area contributed by atoms with E-state index in [1.807, 2.05) is 55.5 Å². The number of hydrogen-bond donors (Lipinski definition) is 1. The van der Waals surface area contributed by atoms with Gasteiger partial charge < -0.3 is 15.0 Å². The summed E-state index contributed by atoms with van der Waals surface area (Å²) < 4.78 is 6.96. The Morgan fingerprint density at radius 3 is 2.76 bits per heavy atom. The fourth-order valence-electron chi connectivity index (χ4n) is 3.96. The molecule has 1 fully saturated rings. The van der Waals surface area contributed by atoms with Crippen molar-refractivity contribution in [2.75, 3.05) is 36.5 Å². The molecular formula is C22H24BrN3O3. The summed E-state index contributed by atoms with van der Waals surface area (Å²) in [5.41, 5.74) is 2.55. The maximum Gasteiger partial charge on any atom is 0.241 e. The minimum atomic E-state index is -0.200. The van der Waals surface area contributed by atoms with Gasteiger partial charge >= 0.3 is 0 Å². The van der Waals surface area contributed by atoms with Crippen molar-refractivity contribution in [2.24, 2.45) is 0 Å². The van der Waals surface area contributed by atoms with E-state index in [0.717, 1.165) is 15.7 Å². The Balaban J connectivity index is 1.49. The number of morpholine rings is 1. The van der Waals surface area contributed by atoms with Crippen molar-refractivity contribution in [3.05, 3.63) is 58.6 Å². The molecule has 0 aromatic heterocycles. The Bertz CT molecular complexity index is 902. The molecule has 2 heterocycles. The Hall–Kier alpha value is -2.22. The van der Waals surface area contributed by atoms with Crippen LogP contribution in [0.2, 0.25) is 0 Å². The Morgan fingerprint density at radius 1 is 1.21 bits per heavy atom. The van der Waals surface area contributed by atoms with Gasteiger partial charge in [-0.05, 0) is 36.8 Å². The number of benzene rings is 2. The molecule has 2 amide bonds. The molecule has 0 spiro atoms. The quantitative estimate of drug-likeness (QED) is 0.764. The van der Waals surface area contributed by atoms with Gasteiger partial charge in [-0.1, -0.05) is 40.2 Å². The van der Waals surface area contributed by atoms with E-state index in [1.54, 1.807) is 4.90 Å². The Morgan fingerprint density at radius 2 is 1.97 bits per heavy atom. The van der Waals surface area contributed by atoms with Gasteiger partial charge in [-0.15, -0.1) is 0 Å². The summed E-state index contributed by atoms with van der Waals surface area (Å²) in [6.45, 7) is 4.17. The molecule has 0 aliphatic carbocycles. The van der Waals surface area contributed by atoms with Crippen molar-refractivity contribution >= 4 is 39.1 Å². The van der Waals surface area contributed by atoms with Crippen LogP contribution in [0.25, 0.3) is 0 Å². The first-order chi connectivity index (χ1) is 14.0. The number of rotatable bonds is 3. The van der Waals surface area contributed by atoms with Gasteiger partial charge in [-0.3, -0.25) is 14.5 Å². The molecule has 1 N–H and O–H groups in total. The van der Waals surface area contributed by atoms with Gasteiger partial charge in [0.15, 0.2) is 0 Å². The zero-order valence-electron chi connectivity index (χ0n) is 16.3. The van der Waals surface area contributed by atoms with E-state index >= 15 is 0 Å². The zero-order valence-corrected chi connectivity index (χ0v) is 17.9. The van der Waals surface area contributed by atoms with Gasteiger partial charge in [0.05, 0.1) is 30.6 Å². The van der Waals surface area contributed by atoms with E-state index in [-0.39, 0.29) is 30.4 Å². The largest absolute Gasteiger partial charge is 0.371 e. The fourth-order valence-corrected chi connectivity index (χ4v) is 4.22. The van der Waals surface area contributed by atoms with Crippen LogP contribution in [0.3, 0.4) is 0 Å². The fraction of sp³-hybridized carbons (Fsp3) is 0.364. The minimum absolute atomic E-state index is 0.00194. The summed E-state index contributed by atoms with van der Waals surface area (Å²) in [5.74, 6) is -0.0696. The van der Waals surface area contributed by atoms with Crippen molar-refractivity contribution < 1.29 is 14.3 Å². The van der Waals surface area contributed by atoms with E-state index in [4.69, 9.17) is 4.74 Å². The van der Waals surface area contributed by atoms with Gasteiger partial charge in [-0.25, -0.2) is 0 Å². The van der Waals surface area contributed by atoms with Gasteiger partial charge in [0, 0.05) is 30.0 Å². The van der Waals surface area contributed by atoms with Crippen LogP contribution < -0.4 is 10.2 Å². The second-order valence-corrected chi connectivity index (χ2v) is 8.44. The summed E-state index contributed by atoms with van der Waals surface area (Å²) in [7, 11) is 0. The lowest BCUT2D eigenvalue weighted by Gasteiger charge is -2.35. The van der Waals surface area contributed by atoms with Gasteiger partial charge in [0.25, 0.3) is 0 Å². The number of para-hydroxylation sites is 2. The Labute approximate surface area is 178 Å². The number of fused-ring (bicyclic) bond motifs is 1. The summed E-state index contributed by atoms with van der Waals surface area (Å²) in [4.78, 5) is 29.3. The second kappa shape index (κ2) is 8.65. The number of anilines is 2. The van der Waals surface area contributed by atoms with Gasteiger partial charge in [-0.2, -0.15) is 0 Å². The maximum absolute atomic E-state index is 13.3. The molecule has 7 heteroatoms. The highest BCUT2D eigenvalue weighted by atomic mass is 79.9. The number of carbonyl (C=O) groups is 2. The number of amides is 2. The van der Waals surface area contributed by atoms with Crippen LogP contribution in [0.15, 0.2) is 53.0 Å². The molecule has 2 atom stereocenters. The molecule has 2 aliphatic heterocycles. The highest BCUT2D eigenvalue weighted by Gasteiger charge is 2.31. The van der Waals surface area contributed by atoms with E-state index in [9.17, 15) is 9.59 Å². The van der Waals surface area contributed by atoms with Crippen LogP contribution in [0.4, 0.5) is 11.4 Å². The molecule has 2 aromatic carbocycles. The average molecular weight is 458 g/mol. The second-order valence-electron chi connectivity index (χ2n) is 7.53. The summed E-state index contributed by atoms with van der Waals surface area (Å²) >= 11 is 3.46. The molecule has 152 valence electrons. The normalized spacial score (nSPS) is 22.6.